The van der Waals surface area contributed by atoms with Gasteiger partial charge in [-0.3, -0.25) is 4.79 Å². The summed E-state index contributed by atoms with van der Waals surface area (Å²) in [5, 5.41) is 7.17. The number of aromatic nitrogens is 1. The molecule has 0 aromatic carbocycles. The van der Waals surface area contributed by atoms with E-state index in [1.807, 2.05) is 0 Å². The molecule has 1 amide bonds. The number of aryl methyl sites for hydroxylation is 1. The van der Waals surface area contributed by atoms with E-state index >= 15 is 0 Å². The Bertz CT molecular complexity index is 570. The van der Waals surface area contributed by atoms with Crippen LogP contribution >= 0.6 is 0 Å². The Kier molecular flexibility index (Phi) is 3.66. The van der Waals surface area contributed by atoms with Gasteiger partial charge in [-0.2, -0.15) is 0 Å². The van der Waals surface area contributed by atoms with Crippen LogP contribution < -0.4 is 5.32 Å². The van der Waals surface area contributed by atoms with Crippen LogP contribution in [0.1, 0.15) is 41.1 Å². The minimum Gasteiger partial charge on any atom is -0.384 e. The van der Waals surface area contributed by atoms with Gasteiger partial charge in [0.25, 0.3) is 5.91 Å². The Morgan fingerprint density at radius 2 is 2.27 bits per heavy atom. The molecule has 4 rings (SSSR count). The fraction of sp³-hybridized carbons (Fsp3) is 0.750. The van der Waals surface area contributed by atoms with Gasteiger partial charge < -0.3 is 19.3 Å². The summed E-state index contributed by atoms with van der Waals surface area (Å²) < 4.78 is 16.4. The van der Waals surface area contributed by atoms with Gasteiger partial charge in [-0.25, -0.2) is 0 Å². The summed E-state index contributed by atoms with van der Waals surface area (Å²) in [5.74, 6) is 1.43. The normalized spacial score (nSPS) is 33.0. The largest absolute Gasteiger partial charge is 0.384 e. The highest BCUT2D eigenvalue weighted by Crippen LogP contribution is 2.43. The van der Waals surface area contributed by atoms with Gasteiger partial charge in [0.1, 0.15) is 5.76 Å². The standard InChI is InChI=1S/C16H22N2O4/c1-20-8-11-13(10-6-7-21-15(10)11)17-16(19)14-9-4-2-3-5-12(9)22-18-14/h10-11,13,15H,2-8H2,1H3,(H,17,19)/t10-,11+,13-,15-/m1/s1. The van der Waals surface area contributed by atoms with E-state index in [0.717, 1.165) is 50.0 Å². The predicted molar refractivity (Wildman–Crippen MR) is 77.6 cm³/mol. The zero-order valence-corrected chi connectivity index (χ0v) is 12.8. The number of fused-ring (bicyclic) bond motifs is 2. The van der Waals surface area contributed by atoms with Crippen LogP contribution in [0, 0.1) is 11.8 Å². The summed E-state index contributed by atoms with van der Waals surface area (Å²) in [6.07, 6.45) is 5.24. The van der Waals surface area contributed by atoms with E-state index in [1.165, 1.54) is 0 Å². The zero-order chi connectivity index (χ0) is 15.1. The van der Waals surface area contributed by atoms with Crippen LogP contribution in [0.5, 0.6) is 0 Å². The van der Waals surface area contributed by atoms with Crippen molar-refractivity contribution >= 4 is 5.91 Å². The first-order chi connectivity index (χ1) is 10.8. The number of carbonyl (C=O) groups excluding carboxylic acids is 1. The second-order valence-electron chi connectivity index (χ2n) is 6.55. The molecule has 6 heteroatoms. The van der Waals surface area contributed by atoms with E-state index in [0.29, 0.717) is 18.2 Å². The topological polar surface area (TPSA) is 73.6 Å². The summed E-state index contributed by atoms with van der Waals surface area (Å²) in [6.45, 7) is 1.39. The van der Waals surface area contributed by atoms with Crippen LogP contribution in [0.4, 0.5) is 0 Å². The quantitative estimate of drug-likeness (QED) is 0.908. The van der Waals surface area contributed by atoms with Crippen LogP contribution in [0.3, 0.4) is 0 Å². The van der Waals surface area contributed by atoms with Crippen molar-refractivity contribution in [2.45, 2.75) is 44.2 Å². The first-order valence-corrected chi connectivity index (χ1v) is 8.18. The molecule has 0 spiro atoms. The molecule has 0 bridgehead atoms. The molecule has 1 aromatic heterocycles. The summed E-state index contributed by atoms with van der Waals surface area (Å²) in [5.41, 5.74) is 1.49. The number of nitrogens with zero attached hydrogens (tertiary/aromatic N) is 1. The second-order valence-corrected chi connectivity index (χ2v) is 6.55. The third-order valence-corrected chi connectivity index (χ3v) is 5.35. The lowest BCUT2D eigenvalue weighted by atomic mass is 9.67. The molecular weight excluding hydrogens is 284 g/mol. The molecule has 120 valence electrons. The number of ether oxygens (including phenoxy) is 2. The van der Waals surface area contributed by atoms with Gasteiger partial charge in [-0.1, -0.05) is 5.16 Å². The molecule has 2 aliphatic carbocycles. The Hall–Kier alpha value is -1.40. The Morgan fingerprint density at radius 1 is 1.41 bits per heavy atom. The highest BCUT2D eigenvalue weighted by molar-refractivity contribution is 5.94. The minimum absolute atomic E-state index is 0.108. The first-order valence-electron chi connectivity index (χ1n) is 8.18. The molecule has 2 fully saturated rings. The van der Waals surface area contributed by atoms with E-state index in [2.05, 4.69) is 10.5 Å². The Balaban J connectivity index is 1.48. The SMILES string of the molecule is COC[C@H]1[C@H](NC(=O)c2noc3c2CCCC3)[C@H]2CCO[C@H]21. The van der Waals surface area contributed by atoms with Crippen molar-refractivity contribution in [1.82, 2.24) is 10.5 Å². The smallest absolute Gasteiger partial charge is 0.274 e. The van der Waals surface area contributed by atoms with Gasteiger partial charge >= 0.3 is 0 Å². The number of carbonyl (C=O) groups is 1. The van der Waals surface area contributed by atoms with Crippen molar-refractivity contribution in [1.29, 1.82) is 0 Å². The maximum Gasteiger partial charge on any atom is 0.274 e. The fourth-order valence-electron chi connectivity index (χ4n) is 4.22. The molecule has 2 heterocycles. The van der Waals surface area contributed by atoms with Crippen molar-refractivity contribution < 1.29 is 18.8 Å². The van der Waals surface area contributed by atoms with Crippen LogP contribution in [0.15, 0.2) is 4.52 Å². The molecule has 0 unspecified atom stereocenters. The maximum absolute atomic E-state index is 12.6. The second kappa shape index (κ2) is 5.66. The average molecular weight is 306 g/mol. The molecule has 3 aliphatic rings. The van der Waals surface area contributed by atoms with Crippen LogP contribution in [0.2, 0.25) is 0 Å². The molecule has 6 nitrogen and oxygen atoms in total. The summed E-state index contributed by atoms with van der Waals surface area (Å²) >= 11 is 0. The molecule has 1 aliphatic heterocycles. The Morgan fingerprint density at radius 3 is 3.14 bits per heavy atom. The van der Waals surface area contributed by atoms with Crippen molar-refractivity contribution in [3.05, 3.63) is 17.0 Å². The number of methoxy groups -OCH3 is 1. The highest BCUT2D eigenvalue weighted by Gasteiger charge is 2.54. The molecular formula is C16H22N2O4. The molecule has 1 saturated carbocycles. The van der Waals surface area contributed by atoms with E-state index in [-0.39, 0.29) is 24.0 Å². The third kappa shape index (κ3) is 2.16. The lowest BCUT2D eigenvalue weighted by molar-refractivity contribution is -0.0810. The van der Waals surface area contributed by atoms with E-state index < -0.39 is 0 Å². The fourth-order valence-corrected chi connectivity index (χ4v) is 4.22. The molecule has 1 saturated heterocycles. The van der Waals surface area contributed by atoms with Crippen LogP contribution in [-0.4, -0.2) is 43.5 Å². The summed E-state index contributed by atoms with van der Waals surface area (Å²) in [7, 11) is 1.69. The van der Waals surface area contributed by atoms with Crippen molar-refractivity contribution in [3.8, 4) is 0 Å². The third-order valence-electron chi connectivity index (χ3n) is 5.35. The number of hydrogen-bond acceptors (Lipinski definition) is 5. The summed E-state index contributed by atoms with van der Waals surface area (Å²) in [6, 6.07) is 0.121. The first kappa shape index (κ1) is 14.2. The molecule has 1 N–H and O–H groups in total. The zero-order valence-electron chi connectivity index (χ0n) is 12.8. The Labute approximate surface area is 129 Å². The van der Waals surface area contributed by atoms with Gasteiger partial charge in [0, 0.05) is 43.6 Å². The van der Waals surface area contributed by atoms with Gasteiger partial charge in [-0.05, 0) is 25.7 Å². The molecule has 0 radical (unpaired) electrons. The average Bonchev–Trinajstić information content (AvgIpc) is 3.15. The van der Waals surface area contributed by atoms with Crippen LogP contribution in [-0.2, 0) is 22.3 Å². The lowest BCUT2D eigenvalue weighted by Gasteiger charge is -2.47. The number of nitrogens with one attached hydrogen (secondary N) is 1. The van der Waals surface area contributed by atoms with Gasteiger partial charge in [0.05, 0.1) is 12.7 Å². The van der Waals surface area contributed by atoms with Crippen molar-refractivity contribution in [3.63, 3.8) is 0 Å². The molecule has 4 atom stereocenters. The van der Waals surface area contributed by atoms with Crippen molar-refractivity contribution in [2.24, 2.45) is 11.8 Å². The van der Waals surface area contributed by atoms with Gasteiger partial charge in [-0.15, -0.1) is 0 Å². The van der Waals surface area contributed by atoms with Gasteiger partial charge in [0.2, 0.25) is 0 Å². The summed E-state index contributed by atoms with van der Waals surface area (Å²) in [4.78, 5) is 12.6. The minimum atomic E-state index is -0.108. The lowest BCUT2D eigenvalue weighted by Crippen LogP contribution is -2.62. The number of amides is 1. The van der Waals surface area contributed by atoms with Crippen LogP contribution in [0.25, 0.3) is 0 Å². The highest BCUT2D eigenvalue weighted by atomic mass is 16.5. The number of rotatable bonds is 4. The van der Waals surface area contributed by atoms with E-state index in [9.17, 15) is 4.79 Å². The molecule has 1 aromatic rings. The number of hydrogen-bond donors (Lipinski definition) is 1. The van der Waals surface area contributed by atoms with E-state index in [1.54, 1.807) is 7.11 Å². The van der Waals surface area contributed by atoms with E-state index in [4.69, 9.17) is 14.0 Å². The van der Waals surface area contributed by atoms with Crippen molar-refractivity contribution in [2.75, 3.05) is 20.3 Å². The maximum atomic E-state index is 12.6. The predicted octanol–water partition coefficient (Wildman–Crippen LogP) is 1.33. The molecule has 22 heavy (non-hydrogen) atoms. The monoisotopic (exact) mass is 306 g/mol. The van der Waals surface area contributed by atoms with Gasteiger partial charge in [0.15, 0.2) is 5.69 Å².